The lowest BCUT2D eigenvalue weighted by Gasteiger charge is -2.15. The number of aryl methyl sites for hydroxylation is 1. The highest BCUT2D eigenvalue weighted by molar-refractivity contribution is 8.00. The van der Waals surface area contributed by atoms with Crippen LogP contribution in [-0.4, -0.2) is 35.6 Å². The van der Waals surface area contributed by atoms with Gasteiger partial charge in [-0.2, -0.15) is 0 Å². The minimum Gasteiger partial charge on any atom is -0.342 e. The molecule has 0 atom stereocenters. The fraction of sp³-hybridized carbons (Fsp3) is 0.300. The van der Waals surface area contributed by atoms with Crippen LogP contribution in [0.1, 0.15) is 28.8 Å². The number of hydrogen-bond acceptors (Lipinski definition) is 3. The average molecular weight is 372 g/mol. The summed E-state index contributed by atoms with van der Waals surface area (Å²) < 4.78 is 13.9. The first kappa shape index (κ1) is 18.5. The largest absolute Gasteiger partial charge is 0.342 e. The van der Waals surface area contributed by atoms with Crippen LogP contribution in [-0.2, 0) is 4.79 Å². The van der Waals surface area contributed by atoms with Gasteiger partial charge in [-0.05, 0) is 49.6 Å². The first-order valence-corrected chi connectivity index (χ1v) is 9.60. The SMILES string of the molecule is Cc1ccc(F)c(NC(=O)c2ccccc2SCC(=O)N2CCCC2)c1. The summed E-state index contributed by atoms with van der Waals surface area (Å²) in [6, 6.07) is 11.7. The molecule has 0 aromatic heterocycles. The van der Waals surface area contributed by atoms with Crippen LogP contribution in [0.2, 0.25) is 0 Å². The van der Waals surface area contributed by atoms with E-state index in [2.05, 4.69) is 5.32 Å². The number of halogens is 1. The van der Waals surface area contributed by atoms with Crippen molar-refractivity contribution in [3.63, 3.8) is 0 Å². The molecule has 0 unspecified atom stereocenters. The van der Waals surface area contributed by atoms with E-state index in [1.54, 1.807) is 24.3 Å². The van der Waals surface area contributed by atoms with Gasteiger partial charge in [0.1, 0.15) is 5.82 Å². The summed E-state index contributed by atoms with van der Waals surface area (Å²) in [4.78, 5) is 27.4. The predicted molar refractivity (Wildman–Crippen MR) is 102 cm³/mol. The number of amides is 2. The Bertz CT molecular complexity index is 819. The number of likely N-dealkylation sites (tertiary alicyclic amines) is 1. The Labute approximate surface area is 156 Å². The van der Waals surface area contributed by atoms with E-state index in [1.165, 1.54) is 17.8 Å². The van der Waals surface area contributed by atoms with Gasteiger partial charge in [0.05, 0.1) is 17.0 Å². The quantitative estimate of drug-likeness (QED) is 0.804. The number of hydrogen-bond donors (Lipinski definition) is 1. The molecule has 0 aliphatic carbocycles. The lowest BCUT2D eigenvalue weighted by atomic mass is 10.2. The lowest BCUT2D eigenvalue weighted by Crippen LogP contribution is -2.29. The summed E-state index contributed by atoms with van der Waals surface area (Å²) in [5, 5.41) is 2.63. The van der Waals surface area contributed by atoms with Gasteiger partial charge in [-0.25, -0.2) is 4.39 Å². The molecule has 4 nitrogen and oxygen atoms in total. The van der Waals surface area contributed by atoms with Gasteiger partial charge in [0.25, 0.3) is 5.91 Å². The Hall–Kier alpha value is -2.34. The fourth-order valence-corrected chi connectivity index (χ4v) is 3.85. The summed E-state index contributed by atoms with van der Waals surface area (Å²) in [5.74, 6) is -0.472. The molecule has 3 rings (SSSR count). The average Bonchev–Trinajstić information content (AvgIpc) is 3.18. The number of thioether (sulfide) groups is 1. The summed E-state index contributed by atoms with van der Waals surface area (Å²) in [6.07, 6.45) is 2.11. The maximum atomic E-state index is 13.9. The molecular formula is C20H21FN2O2S. The minimum absolute atomic E-state index is 0.0902. The molecule has 1 N–H and O–H groups in total. The number of nitrogens with zero attached hydrogens (tertiary/aromatic N) is 1. The maximum Gasteiger partial charge on any atom is 0.256 e. The van der Waals surface area contributed by atoms with Gasteiger partial charge in [0.15, 0.2) is 0 Å². The van der Waals surface area contributed by atoms with E-state index in [0.717, 1.165) is 31.5 Å². The fourth-order valence-electron chi connectivity index (χ4n) is 2.90. The highest BCUT2D eigenvalue weighted by Gasteiger charge is 2.19. The second-order valence-electron chi connectivity index (χ2n) is 6.31. The Kier molecular flexibility index (Phi) is 5.93. The third kappa shape index (κ3) is 4.43. The third-order valence-corrected chi connectivity index (χ3v) is 5.37. The van der Waals surface area contributed by atoms with Crippen molar-refractivity contribution in [3.8, 4) is 0 Å². The normalized spacial score (nSPS) is 13.7. The Morgan fingerprint density at radius 1 is 1.15 bits per heavy atom. The highest BCUT2D eigenvalue weighted by Crippen LogP contribution is 2.25. The molecule has 26 heavy (non-hydrogen) atoms. The van der Waals surface area contributed by atoms with E-state index in [9.17, 15) is 14.0 Å². The van der Waals surface area contributed by atoms with Crippen molar-refractivity contribution in [1.82, 2.24) is 4.90 Å². The monoisotopic (exact) mass is 372 g/mol. The van der Waals surface area contributed by atoms with Gasteiger partial charge in [0, 0.05) is 18.0 Å². The van der Waals surface area contributed by atoms with Crippen LogP contribution in [0, 0.1) is 12.7 Å². The number of carbonyl (C=O) groups is 2. The van der Waals surface area contributed by atoms with Crippen LogP contribution in [0.3, 0.4) is 0 Å². The summed E-state index contributed by atoms with van der Waals surface area (Å²) in [6.45, 7) is 3.46. The van der Waals surface area contributed by atoms with Crippen molar-refractivity contribution >= 4 is 29.3 Å². The summed E-state index contributed by atoms with van der Waals surface area (Å²) in [7, 11) is 0. The first-order chi connectivity index (χ1) is 12.5. The van der Waals surface area contributed by atoms with Crippen LogP contribution in [0.15, 0.2) is 47.4 Å². The molecule has 0 saturated carbocycles. The van der Waals surface area contributed by atoms with Crippen LogP contribution in [0.5, 0.6) is 0 Å². The van der Waals surface area contributed by atoms with E-state index in [-0.39, 0.29) is 17.5 Å². The molecule has 2 aromatic rings. The van der Waals surface area contributed by atoms with Gasteiger partial charge in [-0.1, -0.05) is 18.2 Å². The van der Waals surface area contributed by atoms with E-state index in [0.29, 0.717) is 16.2 Å². The van der Waals surface area contributed by atoms with Gasteiger partial charge in [-0.15, -0.1) is 11.8 Å². The van der Waals surface area contributed by atoms with Crippen LogP contribution in [0.25, 0.3) is 0 Å². The van der Waals surface area contributed by atoms with Gasteiger partial charge in [-0.3, -0.25) is 9.59 Å². The standard InChI is InChI=1S/C20H21FN2O2S/c1-14-8-9-16(21)17(12-14)22-20(25)15-6-2-3-7-18(15)26-13-19(24)23-10-4-5-11-23/h2-3,6-9,12H,4-5,10-11,13H2,1H3,(H,22,25). The molecule has 1 heterocycles. The highest BCUT2D eigenvalue weighted by atomic mass is 32.2. The van der Waals surface area contributed by atoms with Crippen molar-refractivity contribution in [2.45, 2.75) is 24.7 Å². The molecule has 1 aliphatic heterocycles. The van der Waals surface area contributed by atoms with Crippen molar-refractivity contribution in [1.29, 1.82) is 0 Å². The zero-order valence-corrected chi connectivity index (χ0v) is 15.4. The molecule has 1 saturated heterocycles. The number of nitrogens with one attached hydrogen (secondary N) is 1. The molecule has 0 bridgehead atoms. The maximum absolute atomic E-state index is 13.9. The number of benzene rings is 2. The first-order valence-electron chi connectivity index (χ1n) is 8.62. The van der Waals surface area contributed by atoms with Crippen LogP contribution in [0.4, 0.5) is 10.1 Å². The molecular weight excluding hydrogens is 351 g/mol. The summed E-state index contributed by atoms with van der Waals surface area (Å²) in [5.41, 5.74) is 1.45. The Morgan fingerprint density at radius 3 is 2.65 bits per heavy atom. The predicted octanol–water partition coefficient (Wildman–Crippen LogP) is 4.10. The Morgan fingerprint density at radius 2 is 1.88 bits per heavy atom. The van der Waals surface area contributed by atoms with E-state index in [1.807, 2.05) is 24.0 Å². The van der Waals surface area contributed by atoms with Gasteiger partial charge >= 0.3 is 0 Å². The minimum atomic E-state index is -0.474. The molecule has 1 aliphatic rings. The summed E-state index contributed by atoms with van der Waals surface area (Å²) >= 11 is 1.34. The second kappa shape index (κ2) is 8.36. The number of carbonyl (C=O) groups excluding carboxylic acids is 2. The van der Waals surface area contributed by atoms with Crippen LogP contribution >= 0.6 is 11.8 Å². The zero-order valence-electron chi connectivity index (χ0n) is 14.6. The number of rotatable bonds is 5. The number of anilines is 1. The Balaban J connectivity index is 1.70. The molecule has 0 spiro atoms. The third-order valence-electron chi connectivity index (χ3n) is 4.31. The molecule has 0 radical (unpaired) electrons. The van der Waals surface area contributed by atoms with Crippen molar-refractivity contribution in [2.75, 3.05) is 24.2 Å². The lowest BCUT2D eigenvalue weighted by molar-refractivity contribution is -0.127. The molecule has 1 fully saturated rings. The van der Waals surface area contributed by atoms with Crippen molar-refractivity contribution in [2.24, 2.45) is 0 Å². The molecule has 2 amide bonds. The van der Waals surface area contributed by atoms with Crippen molar-refractivity contribution in [3.05, 3.63) is 59.4 Å². The van der Waals surface area contributed by atoms with E-state index in [4.69, 9.17) is 0 Å². The zero-order chi connectivity index (χ0) is 18.5. The van der Waals surface area contributed by atoms with E-state index >= 15 is 0 Å². The molecule has 6 heteroatoms. The van der Waals surface area contributed by atoms with Crippen LogP contribution < -0.4 is 5.32 Å². The second-order valence-corrected chi connectivity index (χ2v) is 7.33. The van der Waals surface area contributed by atoms with Gasteiger partial charge in [0.2, 0.25) is 5.91 Å². The molecule has 2 aromatic carbocycles. The topological polar surface area (TPSA) is 49.4 Å². The smallest absolute Gasteiger partial charge is 0.256 e. The molecule has 136 valence electrons. The van der Waals surface area contributed by atoms with Crippen molar-refractivity contribution < 1.29 is 14.0 Å². The van der Waals surface area contributed by atoms with Gasteiger partial charge < -0.3 is 10.2 Å². The van der Waals surface area contributed by atoms with E-state index < -0.39 is 5.82 Å².